The van der Waals surface area contributed by atoms with Crippen LogP contribution in [-0.4, -0.2) is 31.3 Å². The molecular weight excluding hydrogens is 307 g/mol. The fraction of sp³-hybridized carbons (Fsp3) is 0.200. The maximum absolute atomic E-state index is 13.7. The third-order valence-corrected chi connectivity index (χ3v) is 2.73. The molecule has 1 N–H and O–H groups in total. The fourth-order valence-corrected chi connectivity index (χ4v) is 1.78. The van der Waals surface area contributed by atoms with Gasteiger partial charge in [0.05, 0.1) is 18.5 Å². The molecule has 0 aliphatic carbocycles. The number of hydrogen-bond acceptors (Lipinski definition) is 4. The highest BCUT2D eigenvalue weighted by Gasteiger charge is 2.14. The van der Waals surface area contributed by atoms with Crippen molar-refractivity contribution in [3.8, 4) is 11.4 Å². The van der Waals surface area contributed by atoms with Crippen LogP contribution in [-0.2, 0) is 11.3 Å². The van der Waals surface area contributed by atoms with Crippen LogP contribution in [0.25, 0.3) is 11.4 Å². The largest absolute Gasteiger partial charge is 0.481 e. The van der Waals surface area contributed by atoms with E-state index in [0.29, 0.717) is 4.47 Å². The van der Waals surface area contributed by atoms with Crippen molar-refractivity contribution in [2.24, 2.45) is 0 Å². The summed E-state index contributed by atoms with van der Waals surface area (Å²) in [5.74, 6) is -1.23. The van der Waals surface area contributed by atoms with Gasteiger partial charge in [-0.15, -0.1) is 5.10 Å². The van der Waals surface area contributed by atoms with Gasteiger partial charge in [-0.1, -0.05) is 15.9 Å². The van der Waals surface area contributed by atoms with Crippen molar-refractivity contribution < 1.29 is 14.3 Å². The molecule has 2 aromatic rings. The summed E-state index contributed by atoms with van der Waals surface area (Å²) in [4.78, 5) is 10.5. The summed E-state index contributed by atoms with van der Waals surface area (Å²) in [5, 5.41) is 19.4. The van der Waals surface area contributed by atoms with Crippen molar-refractivity contribution in [3.63, 3.8) is 0 Å². The molecule has 0 saturated heterocycles. The first-order valence-electron chi connectivity index (χ1n) is 5.01. The van der Waals surface area contributed by atoms with Gasteiger partial charge in [0, 0.05) is 4.47 Å². The van der Waals surface area contributed by atoms with Crippen molar-refractivity contribution in [2.75, 3.05) is 0 Å². The average Bonchev–Trinajstić information content (AvgIpc) is 2.77. The van der Waals surface area contributed by atoms with Crippen LogP contribution < -0.4 is 0 Å². The molecule has 0 bridgehead atoms. The molecule has 1 aromatic heterocycles. The molecule has 0 radical (unpaired) electrons. The van der Waals surface area contributed by atoms with Crippen molar-refractivity contribution >= 4 is 21.9 Å². The van der Waals surface area contributed by atoms with Crippen LogP contribution in [0.1, 0.15) is 6.42 Å². The van der Waals surface area contributed by atoms with Crippen molar-refractivity contribution in [3.05, 3.63) is 28.5 Å². The maximum Gasteiger partial charge on any atom is 0.305 e. The Kier molecular flexibility index (Phi) is 3.66. The van der Waals surface area contributed by atoms with Gasteiger partial charge < -0.3 is 5.11 Å². The summed E-state index contributed by atoms with van der Waals surface area (Å²) in [7, 11) is 0. The predicted molar refractivity (Wildman–Crippen MR) is 63.2 cm³/mol. The number of halogens is 2. The summed E-state index contributed by atoms with van der Waals surface area (Å²) in [6.07, 6.45) is -0.131. The maximum atomic E-state index is 13.7. The quantitative estimate of drug-likeness (QED) is 0.929. The van der Waals surface area contributed by atoms with Crippen molar-refractivity contribution in [2.45, 2.75) is 13.0 Å². The van der Waals surface area contributed by atoms with Gasteiger partial charge >= 0.3 is 5.97 Å². The highest BCUT2D eigenvalue weighted by atomic mass is 79.9. The number of nitrogens with zero attached hydrogens (tertiary/aromatic N) is 4. The Hall–Kier alpha value is -1.83. The monoisotopic (exact) mass is 314 g/mol. The topological polar surface area (TPSA) is 80.9 Å². The zero-order valence-electron chi connectivity index (χ0n) is 9.05. The number of aliphatic carboxylic acids is 1. The zero-order chi connectivity index (χ0) is 13.1. The van der Waals surface area contributed by atoms with Gasteiger partial charge in [-0.25, -0.2) is 9.07 Å². The van der Waals surface area contributed by atoms with E-state index in [1.807, 2.05) is 0 Å². The number of benzene rings is 1. The Balaban J connectivity index is 2.36. The third-order valence-electron chi connectivity index (χ3n) is 2.24. The number of carboxylic acids is 1. The lowest BCUT2D eigenvalue weighted by atomic mass is 10.2. The lowest BCUT2D eigenvalue weighted by Crippen LogP contribution is -2.08. The van der Waals surface area contributed by atoms with E-state index in [1.54, 1.807) is 6.07 Å². The van der Waals surface area contributed by atoms with E-state index < -0.39 is 11.8 Å². The summed E-state index contributed by atoms with van der Waals surface area (Å²) in [6.45, 7) is 0.0869. The third kappa shape index (κ3) is 2.70. The fourth-order valence-electron chi connectivity index (χ4n) is 1.42. The minimum absolute atomic E-state index is 0.0869. The van der Waals surface area contributed by atoms with E-state index in [0.717, 1.165) is 0 Å². The molecule has 18 heavy (non-hydrogen) atoms. The van der Waals surface area contributed by atoms with Crippen molar-refractivity contribution in [1.29, 1.82) is 0 Å². The number of carbonyl (C=O) groups is 1. The van der Waals surface area contributed by atoms with Crippen LogP contribution in [0, 0.1) is 5.82 Å². The summed E-state index contributed by atoms with van der Waals surface area (Å²) in [5.41, 5.74) is 0.222. The second-order valence-corrected chi connectivity index (χ2v) is 4.41. The number of carboxylic acid groups (broad SMARTS) is 1. The number of aryl methyl sites for hydroxylation is 1. The second kappa shape index (κ2) is 5.21. The number of aromatic nitrogens is 4. The predicted octanol–water partition coefficient (Wildman–Crippen LogP) is 1.72. The Morgan fingerprint density at radius 3 is 3.00 bits per heavy atom. The molecule has 0 unspecified atom stereocenters. The van der Waals surface area contributed by atoms with Crippen LogP contribution in [0.3, 0.4) is 0 Å². The Labute approximate surface area is 110 Å². The Morgan fingerprint density at radius 2 is 2.28 bits per heavy atom. The molecule has 94 valence electrons. The summed E-state index contributed by atoms with van der Waals surface area (Å²) < 4.78 is 15.6. The van der Waals surface area contributed by atoms with Crippen molar-refractivity contribution in [1.82, 2.24) is 20.2 Å². The molecule has 0 spiro atoms. The lowest BCUT2D eigenvalue weighted by molar-refractivity contribution is -0.137. The second-order valence-electron chi connectivity index (χ2n) is 3.49. The molecule has 1 aromatic carbocycles. The molecule has 0 atom stereocenters. The summed E-state index contributed by atoms with van der Waals surface area (Å²) in [6, 6.07) is 4.39. The van der Waals surface area contributed by atoms with Gasteiger partial charge in [-0.3, -0.25) is 4.79 Å². The van der Waals surface area contributed by atoms with Gasteiger partial charge in [0.1, 0.15) is 5.82 Å². The van der Waals surface area contributed by atoms with Crippen LogP contribution in [0.15, 0.2) is 22.7 Å². The van der Waals surface area contributed by atoms with E-state index >= 15 is 0 Å². The van der Waals surface area contributed by atoms with Gasteiger partial charge in [0.15, 0.2) is 5.82 Å². The molecule has 0 fully saturated rings. The standard InChI is InChI=1S/C10H8BrFN4O2/c11-6-1-2-8(12)7(5-6)10-13-14-15-16(10)4-3-9(17)18/h1-2,5H,3-4H2,(H,17,18). The number of hydrogen-bond donors (Lipinski definition) is 1. The lowest BCUT2D eigenvalue weighted by Gasteiger charge is -2.04. The van der Waals surface area contributed by atoms with E-state index in [4.69, 9.17) is 5.11 Å². The highest BCUT2D eigenvalue weighted by molar-refractivity contribution is 9.10. The Morgan fingerprint density at radius 1 is 1.50 bits per heavy atom. The average molecular weight is 315 g/mol. The summed E-state index contributed by atoms with van der Waals surface area (Å²) >= 11 is 3.23. The first-order valence-corrected chi connectivity index (χ1v) is 5.80. The van der Waals surface area contributed by atoms with E-state index in [9.17, 15) is 9.18 Å². The Bertz CT molecular complexity index is 587. The van der Waals surface area contributed by atoms with Crippen LogP contribution in [0.5, 0.6) is 0 Å². The highest BCUT2D eigenvalue weighted by Crippen LogP contribution is 2.24. The molecule has 8 heteroatoms. The van der Waals surface area contributed by atoms with Gasteiger partial charge in [0.2, 0.25) is 0 Å². The zero-order valence-corrected chi connectivity index (χ0v) is 10.6. The molecular formula is C10H8BrFN4O2. The van der Waals surface area contributed by atoms with Gasteiger partial charge in [-0.05, 0) is 28.6 Å². The van der Waals surface area contributed by atoms with E-state index in [1.165, 1.54) is 16.8 Å². The number of tetrazole rings is 1. The van der Waals surface area contributed by atoms with Gasteiger partial charge in [0.25, 0.3) is 0 Å². The van der Waals surface area contributed by atoms with Crippen LogP contribution in [0.4, 0.5) is 4.39 Å². The molecule has 0 saturated carbocycles. The SMILES string of the molecule is O=C(O)CCn1nnnc1-c1cc(Br)ccc1F. The van der Waals surface area contributed by atoms with E-state index in [2.05, 4.69) is 31.5 Å². The molecule has 2 rings (SSSR count). The molecule has 0 aliphatic heterocycles. The minimum Gasteiger partial charge on any atom is -0.481 e. The van der Waals surface area contributed by atoms with Crippen LogP contribution >= 0.6 is 15.9 Å². The first kappa shape index (κ1) is 12.6. The number of rotatable bonds is 4. The molecule has 0 aliphatic rings. The molecule has 1 heterocycles. The minimum atomic E-state index is -0.967. The molecule has 0 amide bonds. The normalized spacial score (nSPS) is 10.6. The van der Waals surface area contributed by atoms with E-state index in [-0.39, 0.29) is 24.4 Å². The van der Waals surface area contributed by atoms with Gasteiger partial charge in [-0.2, -0.15) is 0 Å². The molecule has 6 nitrogen and oxygen atoms in total. The van der Waals surface area contributed by atoms with Crippen LogP contribution in [0.2, 0.25) is 0 Å². The smallest absolute Gasteiger partial charge is 0.305 e. The first-order chi connectivity index (χ1) is 8.58.